The molecule has 0 unspecified atom stereocenters. The van der Waals surface area contributed by atoms with Gasteiger partial charge in [-0.2, -0.15) is 0 Å². The Morgan fingerprint density at radius 1 is 1.35 bits per heavy atom. The van der Waals surface area contributed by atoms with Gasteiger partial charge in [-0.3, -0.25) is 4.79 Å². The summed E-state index contributed by atoms with van der Waals surface area (Å²) < 4.78 is 0. The second-order valence-electron chi connectivity index (χ2n) is 5.04. The third-order valence-corrected chi connectivity index (χ3v) is 3.88. The molecule has 1 aromatic carbocycles. The van der Waals surface area contributed by atoms with Gasteiger partial charge < -0.3 is 10.6 Å². The predicted molar refractivity (Wildman–Crippen MR) is 69.9 cm³/mol. The molecule has 1 saturated carbocycles. The zero-order chi connectivity index (χ0) is 12.5. The number of nitrogens with two attached hydrogens (primary N) is 1. The Balaban J connectivity index is 2.17. The molecule has 0 aliphatic heterocycles. The van der Waals surface area contributed by atoms with Crippen LogP contribution in [0.5, 0.6) is 0 Å². The van der Waals surface area contributed by atoms with Gasteiger partial charge in [0.2, 0.25) is 5.91 Å². The van der Waals surface area contributed by atoms with E-state index in [1.165, 1.54) is 5.56 Å². The van der Waals surface area contributed by atoms with Crippen LogP contribution in [0.15, 0.2) is 24.3 Å². The number of aryl methyl sites for hydroxylation is 1. The standard InChI is InChI=1S/C14H20N2O/c1-11-4-6-12(7-5-11)16(2)13(17)14(10-15)8-3-9-14/h4-7H,3,8-10,15H2,1-2H3. The average Bonchev–Trinajstić information content (AvgIpc) is 2.28. The number of carbonyl (C=O) groups is 1. The number of hydrogen-bond acceptors (Lipinski definition) is 2. The van der Waals surface area contributed by atoms with Crippen LogP contribution in [0.4, 0.5) is 5.69 Å². The van der Waals surface area contributed by atoms with Crippen molar-refractivity contribution in [3.8, 4) is 0 Å². The van der Waals surface area contributed by atoms with Gasteiger partial charge in [-0.25, -0.2) is 0 Å². The number of amides is 1. The first kappa shape index (κ1) is 12.1. The molecule has 2 rings (SSSR count). The highest BCUT2D eigenvalue weighted by molar-refractivity contribution is 5.97. The van der Waals surface area contributed by atoms with Gasteiger partial charge in [-0.15, -0.1) is 0 Å². The maximum absolute atomic E-state index is 12.4. The maximum atomic E-state index is 12.4. The van der Waals surface area contributed by atoms with Crippen LogP contribution in [0.1, 0.15) is 24.8 Å². The van der Waals surface area contributed by atoms with E-state index in [0.29, 0.717) is 6.54 Å². The topological polar surface area (TPSA) is 46.3 Å². The van der Waals surface area contributed by atoms with Crippen LogP contribution in [-0.2, 0) is 4.79 Å². The minimum atomic E-state index is -0.292. The molecule has 1 aliphatic carbocycles. The van der Waals surface area contributed by atoms with E-state index in [0.717, 1.165) is 24.9 Å². The van der Waals surface area contributed by atoms with Gasteiger partial charge in [0, 0.05) is 19.3 Å². The van der Waals surface area contributed by atoms with Crippen molar-refractivity contribution < 1.29 is 4.79 Å². The van der Waals surface area contributed by atoms with Crippen molar-refractivity contribution in [2.75, 3.05) is 18.5 Å². The number of nitrogens with zero attached hydrogens (tertiary/aromatic N) is 1. The van der Waals surface area contributed by atoms with Crippen molar-refractivity contribution in [3.05, 3.63) is 29.8 Å². The lowest BCUT2D eigenvalue weighted by molar-refractivity contribution is -0.131. The third kappa shape index (κ3) is 2.07. The molecule has 2 N–H and O–H groups in total. The molecule has 0 atom stereocenters. The second-order valence-corrected chi connectivity index (χ2v) is 5.04. The summed E-state index contributed by atoms with van der Waals surface area (Å²) in [5.74, 6) is 0.162. The Kier molecular flexibility index (Phi) is 3.20. The van der Waals surface area contributed by atoms with Crippen molar-refractivity contribution in [3.63, 3.8) is 0 Å². The molecule has 1 aromatic rings. The van der Waals surface area contributed by atoms with E-state index in [2.05, 4.69) is 0 Å². The van der Waals surface area contributed by atoms with Gasteiger partial charge in [0.15, 0.2) is 0 Å². The molecule has 3 nitrogen and oxygen atoms in total. The fraction of sp³-hybridized carbons (Fsp3) is 0.500. The SMILES string of the molecule is Cc1ccc(N(C)C(=O)C2(CN)CCC2)cc1. The quantitative estimate of drug-likeness (QED) is 0.867. The molecular formula is C14H20N2O. The van der Waals surface area contributed by atoms with E-state index >= 15 is 0 Å². The average molecular weight is 232 g/mol. The number of benzene rings is 1. The minimum absolute atomic E-state index is 0.162. The zero-order valence-electron chi connectivity index (χ0n) is 10.6. The number of carbonyl (C=O) groups excluding carboxylic acids is 1. The molecule has 1 fully saturated rings. The van der Waals surface area contributed by atoms with Crippen LogP contribution < -0.4 is 10.6 Å². The third-order valence-electron chi connectivity index (χ3n) is 3.88. The fourth-order valence-corrected chi connectivity index (χ4v) is 2.35. The second kappa shape index (κ2) is 4.49. The van der Waals surface area contributed by atoms with E-state index < -0.39 is 0 Å². The van der Waals surface area contributed by atoms with E-state index in [4.69, 9.17) is 5.73 Å². The van der Waals surface area contributed by atoms with Crippen molar-refractivity contribution >= 4 is 11.6 Å². The smallest absolute Gasteiger partial charge is 0.234 e. The summed E-state index contributed by atoms with van der Waals surface area (Å²) in [5.41, 5.74) is 7.62. The summed E-state index contributed by atoms with van der Waals surface area (Å²) in [5, 5.41) is 0. The molecule has 0 bridgehead atoms. The van der Waals surface area contributed by atoms with Gasteiger partial charge in [-0.05, 0) is 31.9 Å². The molecule has 0 radical (unpaired) electrons. The molecule has 1 amide bonds. The molecule has 1 aliphatic rings. The normalized spacial score (nSPS) is 17.4. The summed E-state index contributed by atoms with van der Waals surface area (Å²) in [7, 11) is 1.84. The van der Waals surface area contributed by atoms with Crippen molar-refractivity contribution in [2.45, 2.75) is 26.2 Å². The summed E-state index contributed by atoms with van der Waals surface area (Å²) in [6.45, 7) is 2.50. The highest BCUT2D eigenvalue weighted by atomic mass is 16.2. The summed E-state index contributed by atoms with van der Waals surface area (Å²) >= 11 is 0. The largest absolute Gasteiger partial charge is 0.329 e. The van der Waals surface area contributed by atoms with Crippen LogP contribution >= 0.6 is 0 Å². The first-order valence-electron chi connectivity index (χ1n) is 6.14. The lowest BCUT2D eigenvalue weighted by Crippen LogP contribution is -2.51. The van der Waals surface area contributed by atoms with E-state index in [-0.39, 0.29) is 11.3 Å². The molecule has 0 spiro atoms. The Bertz CT molecular complexity index is 401. The van der Waals surface area contributed by atoms with Gasteiger partial charge in [0.25, 0.3) is 0 Å². The van der Waals surface area contributed by atoms with Crippen molar-refractivity contribution in [1.82, 2.24) is 0 Å². The predicted octanol–water partition coefficient (Wildman–Crippen LogP) is 2.09. The highest BCUT2D eigenvalue weighted by Gasteiger charge is 2.44. The Morgan fingerprint density at radius 2 is 1.94 bits per heavy atom. The molecule has 0 aromatic heterocycles. The molecular weight excluding hydrogens is 212 g/mol. The highest BCUT2D eigenvalue weighted by Crippen LogP contribution is 2.42. The van der Waals surface area contributed by atoms with Crippen LogP contribution in [0.2, 0.25) is 0 Å². The Morgan fingerprint density at radius 3 is 2.35 bits per heavy atom. The molecule has 3 heteroatoms. The summed E-state index contributed by atoms with van der Waals surface area (Å²) in [6, 6.07) is 8.01. The first-order valence-corrected chi connectivity index (χ1v) is 6.14. The van der Waals surface area contributed by atoms with Gasteiger partial charge in [-0.1, -0.05) is 24.1 Å². The van der Waals surface area contributed by atoms with Crippen molar-refractivity contribution in [1.29, 1.82) is 0 Å². The number of hydrogen-bond donors (Lipinski definition) is 1. The molecule has 17 heavy (non-hydrogen) atoms. The maximum Gasteiger partial charge on any atom is 0.234 e. The fourth-order valence-electron chi connectivity index (χ4n) is 2.35. The molecule has 0 saturated heterocycles. The summed E-state index contributed by atoms with van der Waals surface area (Å²) in [6.07, 6.45) is 2.97. The van der Waals surface area contributed by atoms with Crippen LogP contribution in [-0.4, -0.2) is 19.5 Å². The molecule has 92 valence electrons. The number of rotatable bonds is 3. The van der Waals surface area contributed by atoms with E-state index in [1.54, 1.807) is 4.90 Å². The first-order chi connectivity index (χ1) is 8.09. The Labute approximate surface area is 103 Å². The number of anilines is 1. The van der Waals surface area contributed by atoms with Crippen LogP contribution in [0, 0.1) is 12.3 Å². The lowest BCUT2D eigenvalue weighted by Gasteiger charge is -2.41. The van der Waals surface area contributed by atoms with Gasteiger partial charge in [0.1, 0.15) is 0 Å². The van der Waals surface area contributed by atoms with Gasteiger partial charge in [0.05, 0.1) is 5.41 Å². The molecule has 0 heterocycles. The van der Waals surface area contributed by atoms with E-state index in [1.807, 2.05) is 38.2 Å². The minimum Gasteiger partial charge on any atom is -0.329 e. The summed E-state index contributed by atoms with van der Waals surface area (Å²) in [4.78, 5) is 14.2. The monoisotopic (exact) mass is 232 g/mol. The van der Waals surface area contributed by atoms with E-state index in [9.17, 15) is 4.79 Å². The van der Waals surface area contributed by atoms with Crippen LogP contribution in [0.25, 0.3) is 0 Å². The van der Waals surface area contributed by atoms with Crippen LogP contribution in [0.3, 0.4) is 0 Å². The van der Waals surface area contributed by atoms with Crippen molar-refractivity contribution in [2.24, 2.45) is 11.1 Å². The lowest BCUT2D eigenvalue weighted by atomic mass is 9.68. The zero-order valence-corrected chi connectivity index (χ0v) is 10.6. The Hall–Kier alpha value is -1.35. The van der Waals surface area contributed by atoms with Gasteiger partial charge >= 0.3 is 0 Å².